The second kappa shape index (κ2) is 11.7. The highest BCUT2D eigenvalue weighted by molar-refractivity contribution is 6.68. The fourth-order valence-corrected chi connectivity index (χ4v) is 2.57. The Labute approximate surface area is 193 Å². The molecule has 0 bridgehead atoms. The predicted molar refractivity (Wildman–Crippen MR) is 105 cm³/mol. The number of rotatable bonds is 4. The van der Waals surface area contributed by atoms with Gasteiger partial charge in [0.25, 0.3) is 0 Å². The summed E-state index contributed by atoms with van der Waals surface area (Å²) in [6, 6.07) is 0. The van der Waals surface area contributed by atoms with Crippen molar-refractivity contribution in [1.29, 1.82) is 0 Å². The van der Waals surface area contributed by atoms with Gasteiger partial charge in [0.2, 0.25) is 3.79 Å². The maximum absolute atomic E-state index is 9.94. The number of hydrogen-bond donors (Lipinski definition) is 9. The Morgan fingerprint density at radius 2 is 1.23 bits per heavy atom. The predicted octanol–water partition coefficient (Wildman–Crippen LogP) is -3.27. The molecule has 0 aromatic rings. The highest BCUT2D eigenvalue weighted by Gasteiger charge is 2.50. The molecule has 12 nitrogen and oxygen atoms in total. The molecule has 0 aromatic heterocycles. The van der Waals surface area contributed by atoms with Crippen LogP contribution >= 0.6 is 34.8 Å². The fourth-order valence-electron chi connectivity index (χ4n) is 2.57. The third kappa shape index (κ3) is 7.44. The van der Waals surface area contributed by atoms with Crippen LogP contribution in [0, 0.1) is 0 Å². The quantitative estimate of drug-likeness (QED) is 0.168. The smallest absolute Gasteiger partial charge is 0.218 e. The molecule has 0 spiro atoms. The van der Waals surface area contributed by atoms with Crippen LogP contribution in [0.3, 0.4) is 0 Å². The molecule has 15 heteroatoms. The Kier molecular flexibility index (Phi) is 11.1. The van der Waals surface area contributed by atoms with Crippen molar-refractivity contribution >= 4 is 34.8 Å². The zero-order chi connectivity index (χ0) is 24.3. The van der Waals surface area contributed by atoms with Crippen molar-refractivity contribution in [3.05, 3.63) is 0 Å². The van der Waals surface area contributed by atoms with Crippen LogP contribution in [0.2, 0.25) is 0 Å². The summed E-state index contributed by atoms with van der Waals surface area (Å²) in [6.07, 6.45) is -15.6. The molecule has 1 unspecified atom stereocenters. The second-order valence-electron chi connectivity index (χ2n) is 7.58. The monoisotopic (exact) mass is 518 g/mol. The molecule has 9 N–H and O–H groups in total. The fraction of sp³-hybridized carbons (Fsp3) is 1.00. The number of alkyl halides is 3. The van der Waals surface area contributed by atoms with Gasteiger partial charge in [-0.1, -0.05) is 34.8 Å². The molecule has 0 radical (unpaired) electrons. The normalized spacial score (nSPS) is 42.0. The summed E-state index contributed by atoms with van der Waals surface area (Å²) >= 11 is 15.9. The summed E-state index contributed by atoms with van der Waals surface area (Å²) in [7, 11) is 0. The van der Waals surface area contributed by atoms with E-state index in [0.717, 1.165) is 0 Å². The third-order valence-corrected chi connectivity index (χ3v) is 6.06. The Morgan fingerprint density at radius 1 is 0.742 bits per heavy atom. The molecular formula is C16H29Cl3O12. The summed E-state index contributed by atoms with van der Waals surface area (Å²) in [5, 5.41) is 85.4. The molecule has 186 valence electrons. The molecule has 10 atom stereocenters. The standard InChI is InChI=1S/C12H22O11.C4H7Cl3O/c13-1-3-5(15)6(16)9(19)12(22-3)23-10-4(2-14)21-11(20)8(18)7(10)17;1-3(2,8)4(5,6)7/h3-20H,1-2H2;8H,1-2H3/t3-,4-,5+,6+,7-,8-,9-,10-,11?,12+;/m1./s1. The minimum atomic E-state index is -1.74. The van der Waals surface area contributed by atoms with Crippen LogP contribution in [-0.4, -0.2) is 130 Å². The summed E-state index contributed by atoms with van der Waals surface area (Å²) in [5.74, 6) is 0. The van der Waals surface area contributed by atoms with Gasteiger partial charge < -0.3 is 60.2 Å². The lowest BCUT2D eigenvalue weighted by molar-refractivity contribution is -0.355. The Bertz CT molecular complexity index is 529. The van der Waals surface area contributed by atoms with Gasteiger partial charge in [0, 0.05) is 0 Å². The van der Waals surface area contributed by atoms with Crippen LogP contribution in [0.5, 0.6) is 0 Å². The van der Waals surface area contributed by atoms with Gasteiger partial charge in [-0.05, 0) is 13.8 Å². The first-order valence-electron chi connectivity index (χ1n) is 9.12. The van der Waals surface area contributed by atoms with Gasteiger partial charge in [-0.2, -0.15) is 0 Å². The van der Waals surface area contributed by atoms with E-state index in [1.54, 1.807) is 0 Å². The van der Waals surface area contributed by atoms with E-state index in [4.69, 9.17) is 59.2 Å². The summed E-state index contributed by atoms with van der Waals surface area (Å²) < 4.78 is 13.7. The van der Waals surface area contributed by atoms with E-state index in [1.165, 1.54) is 13.8 Å². The van der Waals surface area contributed by atoms with Crippen LogP contribution < -0.4 is 0 Å². The number of ether oxygens (including phenoxy) is 3. The first-order chi connectivity index (χ1) is 14.1. The molecule has 2 rings (SSSR count). The van der Waals surface area contributed by atoms with Crippen molar-refractivity contribution in [2.24, 2.45) is 0 Å². The van der Waals surface area contributed by atoms with Crippen LogP contribution in [0.4, 0.5) is 0 Å². The van der Waals surface area contributed by atoms with Crippen molar-refractivity contribution in [3.63, 3.8) is 0 Å². The number of halogens is 3. The molecule has 0 aliphatic carbocycles. The average molecular weight is 520 g/mol. The van der Waals surface area contributed by atoms with E-state index in [1.807, 2.05) is 0 Å². The van der Waals surface area contributed by atoms with Crippen LogP contribution in [0.25, 0.3) is 0 Å². The Hall–Kier alpha value is 0.390. The second-order valence-corrected chi connectivity index (χ2v) is 9.86. The third-order valence-electron chi connectivity index (χ3n) is 4.67. The van der Waals surface area contributed by atoms with Crippen LogP contribution in [0.15, 0.2) is 0 Å². The number of hydrogen-bond acceptors (Lipinski definition) is 12. The molecule has 2 heterocycles. The first-order valence-corrected chi connectivity index (χ1v) is 10.3. The average Bonchev–Trinajstić information content (AvgIpc) is 2.67. The highest BCUT2D eigenvalue weighted by Crippen LogP contribution is 2.37. The van der Waals surface area contributed by atoms with Crippen molar-refractivity contribution in [2.75, 3.05) is 13.2 Å². The molecule has 0 saturated carbocycles. The zero-order valence-electron chi connectivity index (χ0n) is 16.6. The van der Waals surface area contributed by atoms with E-state index >= 15 is 0 Å². The topological polar surface area (TPSA) is 210 Å². The zero-order valence-corrected chi connectivity index (χ0v) is 18.8. The lowest BCUT2D eigenvalue weighted by Gasteiger charge is -2.45. The summed E-state index contributed by atoms with van der Waals surface area (Å²) in [4.78, 5) is 0. The highest BCUT2D eigenvalue weighted by atomic mass is 35.6. The van der Waals surface area contributed by atoms with Gasteiger partial charge in [-0.15, -0.1) is 0 Å². The van der Waals surface area contributed by atoms with Crippen LogP contribution in [0.1, 0.15) is 13.8 Å². The van der Waals surface area contributed by atoms with E-state index in [0.29, 0.717) is 0 Å². The minimum Gasteiger partial charge on any atom is -0.394 e. The minimum absolute atomic E-state index is 0.667. The molecule has 2 saturated heterocycles. The van der Waals surface area contributed by atoms with Gasteiger partial charge in [-0.25, -0.2) is 0 Å². The largest absolute Gasteiger partial charge is 0.394 e. The first kappa shape index (κ1) is 29.4. The summed E-state index contributed by atoms with van der Waals surface area (Å²) in [6.45, 7) is 1.52. The van der Waals surface area contributed by atoms with Crippen molar-refractivity contribution < 1.29 is 60.2 Å². The molecule has 2 fully saturated rings. The maximum atomic E-state index is 9.94. The lowest BCUT2D eigenvalue weighted by Crippen LogP contribution is -2.64. The Morgan fingerprint density at radius 3 is 1.65 bits per heavy atom. The van der Waals surface area contributed by atoms with Crippen molar-refractivity contribution in [3.8, 4) is 0 Å². The molecule has 2 aliphatic heterocycles. The van der Waals surface area contributed by atoms with E-state index < -0.39 is 84.0 Å². The summed E-state index contributed by atoms with van der Waals surface area (Å²) in [5.41, 5.74) is -1.27. The number of aliphatic hydroxyl groups excluding tert-OH is 8. The molecule has 0 amide bonds. The van der Waals surface area contributed by atoms with Gasteiger partial charge in [0.1, 0.15) is 54.4 Å². The Balaban J connectivity index is 0.000000512. The van der Waals surface area contributed by atoms with Gasteiger partial charge in [-0.3, -0.25) is 0 Å². The van der Waals surface area contributed by atoms with E-state index in [9.17, 15) is 35.7 Å². The number of aliphatic hydroxyl groups is 9. The maximum Gasteiger partial charge on any atom is 0.218 e. The molecule has 0 aromatic carbocycles. The van der Waals surface area contributed by atoms with Gasteiger partial charge in [0.15, 0.2) is 12.6 Å². The van der Waals surface area contributed by atoms with E-state index in [2.05, 4.69) is 0 Å². The van der Waals surface area contributed by atoms with Crippen molar-refractivity contribution in [1.82, 2.24) is 0 Å². The molecule has 2 aliphatic rings. The van der Waals surface area contributed by atoms with E-state index in [-0.39, 0.29) is 0 Å². The molecular weight excluding hydrogens is 491 g/mol. The molecule has 31 heavy (non-hydrogen) atoms. The van der Waals surface area contributed by atoms with Crippen LogP contribution in [-0.2, 0) is 14.2 Å². The van der Waals surface area contributed by atoms with Gasteiger partial charge >= 0.3 is 0 Å². The SMILES string of the molecule is CC(C)(O)C(Cl)(Cl)Cl.OC[C@H]1O[C@@H](O[C@H]2[C@H](O)[C@@H](O)C(O)O[C@@H]2CO)[C@H](O)[C@@H](O)[C@H]1O. The van der Waals surface area contributed by atoms with Gasteiger partial charge in [0.05, 0.1) is 13.2 Å². The lowest BCUT2D eigenvalue weighted by atomic mass is 9.97. The van der Waals surface area contributed by atoms with Crippen molar-refractivity contribution in [2.45, 2.75) is 84.7 Å².